The first-order chi connectivity index (χ1) is 13.4. The van der Waals surface area contributed by atoms with Gasteiger partial charge in [-0.05, 0) is 30.9 Å². The van der Waals surface area contributed by atoms with Crippen LogP contribution in [0, 0.1) is 27.2 Å². The van der Waals surface area contributed by atoms with Crippen LogP contribution in [0.2, 0.25) is 0 Å². The van der Waals surface area contributed by atoms with Crippen molar-refractivity contribution in [2.75, 3.05) is 11.9 Å². The van der Waals surface area contributed by atoms with Crippen molar-refractivity contribution in [2.24, 2.45) is 0 Å². The average Bonchev–Trinajstić information content (AvgIpc) is 2.68. The molecule has 0 amide bonds. The maximum absolute atomic E-state index is 11.6. The van der Waals surface area contributed by atoms with Gasteiger partial charge in [0.1, 0.15) is 0 Å². The molecule has 1 saturated heterocycles. The van der Waals surface area contributed by atoms with Crippen molar-refractivity contribution in [2.45, 2.75) is 38.5 Å². The van der Waals surface area contributed by atoms with Gasteiger partial charge in [0.2, 0.25) is 0 Å². The van der Waals surface area contributed by atoms with Gasteiger partial charge in [0.15, 0.2) is 5.69 Å². The molecule has 1 aliphatic heterocycles. The van der Waals surface area contributed by atoms with Crippen molar-refractivity contribution in [1.29, 1.82) is 0 Å². The van der Waals surface area contributed by atoms with Crippen LogP contribution in [0.5, 0.6) is 0 Å². The molecule has 2 atom stereocenters. The van der Waals surface area contributed by atoms with Crippen LogP contribution in [0.3, 0.4) is 0 Å². The Morgan fingerprint density at radius 1 is 1.21 bits per heavy atom. The number of rotatable bonds is 6. The van der Waals surface area contributed by atoms with Gasteiger partial charge in [-0.1, -0.05) is 30.3 Å². The predicted octanol–water partition coefficient (Wildman–Crippen LogP) is 3.64. The first kappa shape index (κ1) is 19.7. The normalized spacial score (nSPS) is 19.2. The molecule has 1 heterocycles. The van der Waals surface area contributed by atoms with E-state index in [0.717, 1.165) is 5.56 Å². The average molecular weight is 387 g/mol. The fraction of sp³-hybridized carbons (Fsp3) is 0.368. The minimum absolute atomic E-state index is 0.122. The SMILES string of the molecule is Cc1c(CO)cc([N+](=O)[O-])c(NC2CCOC(c3ccccc3)C2)c1[N+](=O)[O-]. The summed E-state index contributed by atoms with van der Waals surface area (Å²) in [6.07, 6.45) is 0.903. The van der Waals surface area contributed by atoms with Crippen LogP contribution in [0.15, 0.2) is 36.4 Å². The van der Waals surface area contributed by atoms with E-state index in [2.05, 4.69) is 5.32 Å². The quantitative estimate of drug-likeness (QED) is 0.572. The monoisotopic (exact) mass is 387 g/mol. The van der Waals surface area contributed by atoms with E-state index in [0.29, 0.717) is 19.4 Å². The lowest BCUT2D eigenvalue weighted by molar-refractivity contribution is -0.392. The summed E-state index contributed by atoms with van der Waals surface area (Å²) in [6.45, 7) is 1.41. The Kier molecular flexibility index (Phi) is 5.86. The van der Waals surface area contributed by atoms with Gasteiger partial charge in [0, 0.05) is 24.3 Å². The summed E-state index contributed by atoms with van der Waals surface area (Å²) < 4.78 is 5.81. The summed E-state index contributed by atoms with van der Waals surface area (Å²) >= 11 is 0. The largest absolute Gasteiger partial charge is 0.392 e. The van der Waals surface area contributed by atoms with Gasteiger partial charge in [0.25, 0.3) is 5.69 Å². The fourth-order valence-electron chi connectivity index (χ4n) is 3.52. The highest BCUT2D eigenvalue weighted by molar-refractivity contribution is 5.78. The number of nitrogens with zero attached hydrogens (tertiary/aromatic N) is 2. The zero-order valence-corrected chi connectivity index (χ0v) is 15.3. The number of ether oxygens (including phenoxy) is 1. The third-order valence-electron chi connectivity index (χ3n) is 4.99. The molecule has 28 heavy (non-hydrogen) atoms. The molecule has 3 rings (SSSR count). The fourth-order valence-corrected chi connectivity index (χ4v) is 3.52. The second-order valence-corrected chi connectivity index (χ2v) is 6.71. The van der Waals surface area contributed by atoms with E-state index < -0.39 is 22.1 Å². The van der Waals surface area contributed by atoms with Crippen LogP contribution in [-0.4, -0.2) is 27.6 Å². The van der Waals surface area contributed by atoms with E-state index in [1.165, 1.54) is 13.0 Å². The standard InChI is InChI=1S/C19H21N3O6/c1-12-14(11-23)9-16(21(24)25)18(19(12)22(26)27)20-15-7-8-28-17(10-15)13-5-3-2-4-6-13/h2-6,9,15,17,20,23H,7-8,10-11H2,1H3. The Morgan fingerprint density at radius 3 is 2.54 bits per heavy atom. The molecule has 2 aromatic rings. The van der Waals surface area contributed by atoms with Gasteiger partial charge < -0.3 is 15.2 Å². The summed E-state index contributed by atoms with van der Waals surface area (Å²) in [4.78, 5) is 21.9. The van der Waals surface area contributed by atoms with Gasteiger partial charge >= 0.3 is 5.69 Å². The second kappa shape index (κ2) is 8.32. The zero-order valence-electron chi connectivity index (χ0n) is 15.3. The second-order valence-electron chi connectivity index (χ2n) is 6.71. The molecule has 148 valence electrons. The number of benzene rings is 2. The van der Waals surface area contributed by atoms with Crippen LogP contribution in [0.4, 0.5) is 17.1 Å². The Balaban J connectivity index is 1.95. The Bertz CT molecular complexity index is 887. The number of nitrogens with one attached hydrogen (secondary N) is 1. The number of anilines is 1. The van der Waals surface area contributed by atoms with Gasteiger partial charge in [-0.25, -0.2) is 0 Å². The van der Waals surface area contributed by atoms with E-state index in [9.17, 15) is 25.3 Å². The number of aliphatic hydroxyl groups excluding tert-OH is 1. The molecule has 9 nitrogen and oxygen atoms in total. The van der Waals surface area contributed by atoms with Crippen LogP contribution < -0.4 is 5.32 Å². The summed E-state index contributed by atoms with van der Waals surface area (Å²) in [5, 5.41) is 35.6. The first-order valence-electron chi connectivity index (χ1n) is 8.91. The highest BCUT2D eigenvalue weighted by Crippen LogP contribution is 2.41. The number of nitro groups is 2. The Morgan fingerprint density at radius 2 is 1.93 bits per heavy atom. The molecule has 0 aromatic heterocycles. The van der Waals surface area contributed by atoms with E-state index in [1.54, 1.807) is 0 Å². The number of hydrogen-bond donors (Lipinski definition) is 2. The molecule has 0 spiro atoms. The topological polar surface area (TPSA) is 128 Å². The van der Waals surface area contributed by atoms with Gasteiger partial charge in [-0.2, -0.15) is 0 Å². The van der Waals surface area contributed by atoms with Crippen LogP contribution in [-0.2, 0) is 11.3 Å². The van der Waals surface area contributed by atoms with E-state index in [1.807, 2.05) is 30.3 Å². The minimum Gasteiger partial charge on any atom is -0.392 e. The molecule has 0 aliphatic carbocycles. The first-order valence-corrected chi connectivity index (χ1v) is 8.91. The van der Waals surface area contributed by atoms with Crippen LogP contribution in [0.25, 0.3) is 0 Å². The molecule has 2 aromatic carbocycles. The Labute approximate surface area is 161 Å². The highest BCUT2D eigenvalue weighted by Gasteiger charge is 2.33. The van der Waals surface area contributed by atoms with Crippen molar-refractivity contribution in [3.05, 3.63) is 73.3 Å². The minimum atomic E-state index is -0.665. The molecule has 0 bridgehead atoms. The van der Waals surface area contributed by atoms with Gasteiger partial charge in [0.05, 0.1) is 22.6 Å². The maximum Gasteiger partial charge on any atom is 0.302 e. The maximum atomic E-state index is 11.6. The van der Waals surface area contributed by atoms with Crippen molar-refractivity contribution < 1.29 is 19.7 Å². The highest BCUT2D eigenvalue weighted by atomic mass is 16.6. The van der Waals surface area contributed by atoms with Crippen LogP contribution in [0.1, 0.15) is 35.6 Å². The third kappa shape index (κ3) is 3.95. The van der Waals surface area contributed by atoms with Crippen LogP contribution >= 0.6 is 0 Å². The molecule has 1 aliphatic rings. The summed E-state index contributed by atoms with van der Waals surface area (Å²) in [6, 6.07) is 10.6. The number of aliphatic hydroxyl groups is 1. The molecule has 0 radical (unpaired) electrons. The van der Waals surface area contributed by atoms with Crippen molar-refractivity contribution in [3.63, 3.8) is 0 Å². The molecule has 2 unspecified atom stereocenters. The lowest BCUT2D eigenvalue weighted by atomic mass is 9.96. The molecule has 0 saturated carbocycles. The van der Waals surface area contributed by atoms with Gasteiger partial charge in [-0.3, -0.25) is 20.2 Å². The van der Waals surface area contributed by atoms with Crippen molar-refractivity contribution >= 4 is 17.1 Å². The number of hydrogen-bond acceptors (Lipinski definition) is 7. The van der Waals surface area contributed by atoms with E-state index in [4.69, 9.17) is 4.74 Å². The molecule has 9 heteroatoms. The third-order valence-corrected chi connectivity index (χ3v) is 4.99. The lowest BCUT2D eigenvalue weighted by Gasteiger charge is -2.31. The number of nitro benzene ring substituents is 2. The Hall–Kier alpha value is -3.04. The predicted molar refractivity (Wildman–Crippen MR) is 102 cm³/mol. The molecular weight excluding hydrogens is 366 g/mol. The summed E-state index contributed by atoms with van der Waals surface area (Å²) in [5.74, 6) is 0. The molecule has 2 N–H and O–H groups in total. The van der Waals surface area contributed by atoms with E-state index >= 15 is 0 Å². The van der Waals surface area contributed by atoms with E-state index in [-0.39, 0.29) is 34.6 Å². The van der Waals surface area contributed by atoms with Crippen molar-refractivity contribution in [3.8, 4) is 0 Å². The summed E-state index contributed by atoms with van der Waals surface area (Å²) in [5.41, 5.74) is 0.462. The zero-order chi connectivity index (χ0) is 20.3. The van der Waals surface area contributed by atoms with Crippen molar-refractivity contribution in [1.82, 2.24) is 0 Å². The molecular formula is C19H21N3O6. The lowest BCUT2D eigenvalue weighted by Crippen LogP contribution is -2.30. The van der Waals surface area contributed by atoms with Gasteiger partial charge in [-0.15, -0.1) is 0 Å². The molecule has 1 fully saturated rings. The summed E-state index contributed by atoms with van der Waals surface area (Å²) in [7, 11) is 0. The smallest absolute Gasteiger partial charge is 0.302 e.